The number of fused-ring (bicyclic) bond motifs is 1. The Balaban J connectivity index is 1.72. The standard InChI is InChI=1S/C20H28N2O3/c1-24-19-16(20(23)25-2)6-7-18-17(19)12-15(13-22-18)5-3-4-14-8-10-21-11-9-14/h6-7,12,14-15,21H,3-5,8-11,13H2,1-2H3. The predicted molar refractivity (Wildman–Crippen MR) is 97.4 cm³/mol. The summed E-state index contributed by atoms with van der Waals surface area (Å²) in [6, 6.07) is 3.62. The maximum atomic E-state index is 12.0. The molecule has 1 unspecified atom stereocenters. The van der Waals surface area contributed by atoms with Crippen molar-refractivity contribution in [1.29, 1.82) is 0 Å². The highest BCUT2D eigenvalue weighted by Crippen LogP contribution is 2.22. The van der Waals surface area contributed by atoms with Gasteiger partial charge in [-0.25, -0.2) is 4.79 Å². The summed E-state index contributed by atoms with van der Waals surface area (Å²) in [6.07, 6.45) is 8.51. The molecule has 5 heteroatoms. The summed E-state index contributed by atoms with van der Waals surface area (Å²) >= 11 is 0. The van der Waals surface area contributed by atoms with E-state index in [0.29, 0.717) is 17.2 Å². The Hall–Kier alpha value is -1.88. The Morgan fingerprint density at radius 1 is 1.24 bits per heavy atom. The second-order valence-corrected chi connectivity index (χ2v) is 6.96. The van der Waals surface area contributed by atoms with Gasteiger partial charge in [0, 0.05) is 11.8 Å². The number of rotatable bonds is 6. The van der Waals surface area contributed by atoms with Crippen LogP contribution >= 0.6 is 0 Å². The summed E-state index contributed by atoms with van der Waals surface area (Å²) in [5.41, 5.74) is 0.463. The van der Waals surface area contributed by atoms with Crippen LogP contribution in [0, 0.1) is 11.8 Å². The van der Waals surface area contributed by atoms with Crippen LogP contribution in [0.4, 0.5) is 0 Å². The highest BCUT2D eigenvalue weighted by Gasteiger charge is 2.19. The second kappa shape index (κ2) is 8.48. The monoisotopic (exact) mass is 344 g/mol. The van der Waals surface area contributed by atoms with Crippen molar-refractivity contribution in [2.75, 3.05) is 33.9 Å². The lowest BCUT2D eigenvalue weighted by molar-refractivity contribution is 0.0597. The number of hydrogen-bond donors (Lipinski definition) is 1. The van der Waals surface area contributed by atoms with Crippen molar-refractivity contribution in [2.24, 2.45) is 16.8 Å². The molecule has 25 heavy (non-hydrogen) atoms. The van der Waals surface area contributed by atoms with Crippen LogP contribution in [0.15, 0.2) is 17.1 Å². The second-order valence-electron chi connectivity index (χ2n) is 6.96. The van der Waals surface area contributed by atoms with Crippen LogP contribution in [0.1, 0.15) is 42.5 Å². The van der Waals surface area contributed by atoms with Crippen molar-refractivity contribution in [3.63, 3.8) is 0 Å². The summed E-state index contributed by atoms with van der Waals surface area (Å²) in [5.74, 6) is 1.49. The van der Waals surface area contributed by atoms with Gasteiger partial charge in [0.25, 0.3) is 0 Å². The van der Waals surface area contributed by atoms with E-state index in [9.17, 15) is 4.79 Å². The number of carbonyl (C=O) groups is 1. The number of ether oxygens (including phenoxy) is 2. The van der Waals surface area contributed by atoms with Gasteiger partial charge < -0.3 is 14.8 Å². The molecule has 136 valence electrons. The van der Waals surface area contributed by atoms with Gasteiger partial charge in [0.1, 0.15) is 11.3 Å². The van der Waals surface area contributed by atoms with Gasteiger partial charge in [-0.1, -0.05) is 18.9 Å². The molecule has 0 saturated carbocycles. The molecule has 1 atom stereocenters. The summed E-state index contributed by atoms with van der Waals surface area (Å²) in [5, 5.41) is 5.26. The molecule has 0 bridgehead atoms. The van der Waals surface area contributed by atoms with Crippen molar-refractivity contribution >= 4 is 12.0 Å². The number of piperidine rings is 1. The lowest BCUT2D eigenvalue weighted by Crippen LogP contribution is -2.34. The smallest absolute Gasteiger partial charge is 0.341 e. The van der Waals surface area contributed by atoms with Crippen molar-refractivity contribution in [1.82, 2.24) is 5.32 Å². The Bertz CT molecular complexity index is 723. The van der Waals surface area contributed by atoms with Crippen LogP contribution in [0.5, 0.6) is 5.75 Å². The van der Waals surface area contributed by atoms with Crippen LogP contribution in [0.3, 0.4) is 0 Å². The molecule has 1 fully saturated rings. The van der Waals surface area contributed by atoms with Crippen molar-refractivity contribution < 1.29 is 14.3 Å². The summed E-state index contributed by atoms with van der Waals surface area (Å²) in [7, 11) is 2.98. The molecule has 0 amide bonds. The third-order valence-corrected chi connectivity index (χ3v) is 5.33. The topological polar surface area (TPSA) is 59.9 Å². The zero-order chi connectivity index (χ0) is 17.6. The summed E-state index contributed by atoms with van der Waals surface area (Å²) < 4.78 is 10.4. The number of nitrogens with zero attached hydrogens (tertiary/aromatic N) is 1. The van der Waals surface area contributed by atoms with Gasteiger partial charge in [-0.2, -0.15) is 0 Å². The third kappa shape index (κ3) is 4.21. The van der Waals surface area contributed by atoms with Crippen LogP contribution in [-0.2, 0) is 4.74 Å². The minimum atomic E-state index is -0.374. The van der Waals surface area contributed by atoms with Crippen LogP contribution in [-0.4, -0.2) is 39.8 Å². The lowest BCUT2D eigenvalue weighted by atomic mass is 9.89. The molecule has 0 spiro atoms. The van der Waals surface area contributed by atoms with Crippen LogP contribution in [0.25, 0.3) is 6.08 Å². The van der Waals surface area contributed by atoms with Gasteiger partial charge in [0.15, 0.2) is 0 Å². The van der Waals surface area contributed by atoms with E-state index in [1.165, 1.54) is 32.8 Å². The number of esters is 1. The van der Waals surface area contributed by atoms with Crippen LogP contribution in [0.2, 0.25) is 0 Å². The molecule has 2 aliphatic rings. The molecule has 5 nitrogen and oxygen atoms in total. The van der Waals surface area contributed by atoms with Crippen LogP contribution < -0.4 is 20.6 Å². The van der Waals surface area contributed by atoms with E-state index in [1.807, 2.05) is 6.07 Å². The first-order chi connectivity index (χ1) is 12.2. The highest BCUT2D eigenvalue weighted by molar-refractivity contribution is 5.92. The average molecular weight is 344 g/mol. The first kappa shape index (κ1) is 17.9. The lowest BCUT2D eigenvalue weighted by Gasteiger charge is -2.23. The molecule has 1 saturated heterocycles. The summed E-state index contributed by atoms with van der Waals surface area (Å²) in [6.45, 7) is 3.15. The number of carbonyl (C=O) groups excluding carboxylic acids is 1. The van der Waals surface area contributed by atoms with E-state index in [-0.39, 0.29) is 5.97 Å². The minimum absolute atomic E-state index is 0.374. The number of benzene rings is 1. The Kier molecular flexibility index (Phi) is 6.08. The Morgan fingerprint density at radius 3 is 2.76 bits per heavy atom. The van der Waals surface area contributed by atoms with E-state index in [0.717, 1.165) is 42.5 Å². The van der Waals surface area contributed by atoms with E-state index in [2.05, 4.69) is 11.4 Å². The Labute approximate surface area is 149 Å². The molecule has 1 aromatic rings. The first-order valence-corrected chi connectivity index (χ1v) is 9.25. The fourth-order valence-corrected chi connectivity index (χ4v) is 3.90. The SMILES string of the molecule is COC(=O)c1ccc2c(c1OC)=CC(CCCC1CCNCC1)CN=2. The third-order valence-electron chi connectivity index (χ3n) is 5.33. The van der Waals surface area contributed by atoms with Crippen molar-refractivity contribution in [3.05, 3.63) is 28.3 Å². The number of nitrogens with one attached hydrogen (secondary N) is 1. The minimum Gasteiger partial charge on any atom is -0.495 e. The highest BCUT2D eigenvalue weighted by atomic mass is 16.5. The average Bonchev–Trinajstić information content (AvgIpc) is 2.67. The van der Waals surface area contributed by atoms with E-state index < -0.39 is 0 Å². The van der Waals surface area contributed by atoms with Gasteiger partial charge in [-0.3, -0.25) is 4.99 Å². The van der Waals surface area contributed by atoms with Gasteiger partial charge in [-0.15, -0.1) is 0 Å². The molecule has 0 aliphatic carbocycles. The fraction of sp³-hybridized carbons (Fsp3) is 0.600. The predicted octanol–water partition coefficient (Wildman–Crippen LogP) is 1.68. The number of methoxy groups -OCH3 is 2. The molecule has 0 radical (unpaired) electrons. The molecule has 2 aliphatic heterocycles. The fourth-order valence-electron chi connectivity index (χ4n) is 3.90. The first-order valence-electron chi connectivity index (χ1n) is 9.25. The van der Waals surface area contributed by atoms with Crippen molar-refractivity contribution in [3.8, 4) is 5.75 Å². The van der Waals surface area contributed by atoms with Crippen molar-refractivity contribution in [2.45, 2.75) is 32.1 Å². The summed E-state index contributed by atoms with van der Waals surface area (Å²) in [4.78, 5) is 16.7. The molecule has 1 aromatic carbocycles. The van der Waals surface area contributed by atoms with E-state index in [4.69, 9.17) is 14.5 Å². The van der Waals surface area contributed by atoms with Gasteiger partial charge in [0.2, 0.25) is 0 Å². The molecule has 2 heterocycles. The molecular formula is C20H28N2O3. The normalized spacial score (nSPS) is 20.2. The molecular weight excluding hydrogens is 316 g/mol. The van der Waals surface area contributed by atoms with Gasteiger partial charge in [-0.05, 0) is 56.3 Å². The van der Waals surface area contributed by atoms with E-state index in [1.54, 1.807) is 13.2 Å². The molecule has 1 N–H and O–H groups in total. The maximum absolute atomic E-state index is 12.0. The number of hydrogen-bond acceptors (Lipinski definition) is 5. The van der Waals surface area contributed by atoms with E-state index >= 15 is 0 Å². The Morgan fingerprint density at radius 2 is 2.04 bits per heavy atom. The van der Waals surface area contributed by atoms with Gasteiger partial charge in [0.05, 0.1) is 19.6 Å². The zero-order valence-corrected chi connectivity index (χ0v) is 15.2. The largest absolute Gasteiger partial charge is 0.495 e. The quantitative estimate of drug-likeness (QED) is 0.798. The molecule has 0 aromatic heterocycles. The maximum Gasteiger partial charge on any atom is 0.341 e. The zero-order valence-electron chi connectivity index (χ0n) is 15.2. The van der Waals surface area contributed by atoms with Gasteiger partial charge >= 0.3 is 5.97 Å². The molecule has 3 rings (SSSR count).